The lowest BCUT2D eigenvalue weighted by atomic mass is 10.4. The molecule has 0 saturated carbocycles. The van der Waals surface area contributed by atoms with E-state index >= 15 is 0 Å². The highest BCUT2D eigenvalue weighted by Crippen LogP contribution is 2.38. The van der Waals surface area contributed by atoms with Gasteiger partial charge in [-0.3, -0.25) is 0 Å². The minimum atomic E-state index is -1.89. The first-order chi connectivity index (χ1) is 22.7. The van der Waals surface area contributed by atoms with Crippen LogP contribution in [0.5, 0.6) is 0 Å². The molecule has 1 aromatic carbocycles. The van der Waals surface area contributed by atoms with Crippen LogP contribution in [0.3, 0.4) is 0 Å². The van der Waals surface area contributed by atoms with Crippen molar-refractivity contribution >= 4 is 53.4 Å². The second-order valence-corrected chi connectivity index (χ2v) is 34.0. The van der Waals surface area contributed by atoms with Crippen LogP contribution in [0.25, 0.3) is 0 Å². The zero-order valence-electron chi connectivity index (χ0n) is 30.0. The van der Waals surface area contributed by atoms with E-state index in [2.05, 4.69) is 154 Å². The molecular formula is C42H67BrSi4. The minimum Gasteiger partial charge on any atom is -0.103 e. The third kappa shape index (κ3) is 14.3. The lowest BCUT2D eigenvalue weighted by molar-refractivity contribution is 0.903. The maximum absolute atomic E-state index is 4.18. The number of hydrogen-bond donors (Lipinski definition) is 0. The summed E-state index contributed by atoms with van der Waals surface area (Å²) in [6.45, 7) is 37.6. The van der Waals surface area contributed by atoms with Crippen molar-refractivity contribution in [2.75, 3.05) is 0 Å². The summed E-state index contributed by atoms with van der Waals surface area (Å²) in [4.78, 5) is 0. The number of rotatable bonds is 31. The van der Waals surface area contributed by atoms with Gasteiger partial charge in [-0.15, -0.1) is 59.2 Å². The van der Waals surface area contributed by atoms with E-state index in [4.69, 9.17) is 0 Å². The fraction of sp³-hybridized carbons (Fsp3) is 0.429. The fourth-order valence-corrected chi connectivity index (χ4v) is 26.4. The first-order valence-corrected chi connectivity index (χ1v) is 29.8. The molecule has 47 heavy (non-hydrogen) atoms. The number of allylic oxidation sites excluding steroid dienone is 9. The zero-order chi connectivity index (χ0) is 35.1. The van der Waals surface area contributed by atoms with Crippen molar-refractivity contribution in [2.45, 2.75) is 110 Å². The van der Waals surface area contributed by atoms with Gasteiger partial charge in [-0.25, -0.2) is 0 Å². The Labute approximate surface area is 304 Å². The molecule has 0 atom stereocenters. The standard InChI is InChI=1S/C42H67BrSi4/c1-10-26-44(27-11-2,28-12-3)35-19-38-47(42-24-22-41(43)23-25-42,39-20-36-45(29-13-4,30-14-5)31-15-6)40-21-37-46(32-16-7,33-17-8)34-18-9/h10-18,22-25H,1-9,19-21,26-40H2. The van der Waals surface area contributed by atoms with E-state index in [9.17, 15) is 0 Å². The van der Waals surface area contributed by atoms with Crippen molar-refractivity contribution < 1.29 is 0 Å². The topological polar surface area (TPSA) is 0 Å². The normalized spacial score (nSPS) is 12.1. The molecule has 0 heterocycles. The maximum atomic E-state index is 4.18. The molecule has 0 radical (unpaired) electrons. The second-order valence-electron chi connectivity index (χ2n) is 14.3. The van der Waals surface area contributed by atoms with Gasteiger partial charge in [-0.1, -0.05) is 143 Å². The van der Waals surface area contributed by atoms with Gasteiger partial charge in [0.05, 0.1) is 32.3 Å². The van der Waals surface area contributed by atoms with Gasteiger partial charge in [0, 0.05) is 4.47 Å². The van der Waals surface area contributed by atoms with E-state index in [-0.39, 0.29) is 0 Å². The summed E-state index contributed by atoms with van der Waals surface area (Å²) in [5.74, 6) is 0. The largest absolute Gasteiger partial charge is 0.103 e. The van der Waals surface area contributed by atoms with Crippen LogP contribution >= 0.6 is 15.9 Å². The molecule has 0 nitrogen and oxygen atoms in total. The summed E-state index contributed by atoms with van der Waals surface area (Å²) in [6, 6.07) is 27.9. The Kier molecular flexibility index (Phi) is 21.7. The van der Waals surface area contributed by atoms with E-state index in [0.717, 1.165) is 54.4 Å². The van der Waals surface area contributed by atoms with E-state index < -0.39 is 32.3 Å². The predicted octanol–water partition coefficient (Wildman–Crippen LogP) is 14.3. The van der Waals surface area contributed by atoms with Crippen molar-refractivity contribution in [3.05, 3.63) is 143 Å². The summed E-state index contributed by atoms with van der Waals surface area (Å²) in [5.41, 5.74) is 0. The Morgan fingerprint density at radius 2 is 0.617 bits per heavy atom. The molecule has 0 fully saturated rings. The Hall–Kier alpha value is -1.77. The highest BCUT2D eigenvalue weighted by molar-refractivity contribution is 9.10. The van der Waals surface area contributed by atoms with Crippen molar-refractivity contribution in [3.8, 4) is 0 Å². The van der Waals surface area contributed by atoms with Crippen LogP contribution in [-0.4, -0.2) is 32.3 Å². The molecule has 1 rings (SSSR count). The van der Waals surface area contributed by atoms with Crippen LogP contribution in [0.2, 0.25) is 90.7 Å². The Morgan fingerprint density at radius 1 is 0.383 bits per heavy atom. The van der Waals surface area contributed by atoms with Gasteiger partial charge in [-0.2, -0.15) is 0 Å². The zero-order valence-corrected chi connectivity index (χ0v) is 35.6. The first kappa shape index (κ1) is 43.2. The van der Waals surface area contributed by atoms with Gasteiger partial charge < -0.3 is 0 Å². The lowest BCUT2D eigenvalue weighted by Crippen LogP contribution is -2.48. The molecule has 0 aliphatic rings. The van der Waals surface area contributed by atoms with Gasteiger partial charge in [-0.05, 0) is 66.5 Å². The lowest BCUT2D eigenvalue weighted by Gasteiger charge is -2.38. The summed E-state index contributed by atoms with van der Waals surface area (Å²) >= 11 is 3.75. The van der Waals surface area contributed by atoms with Crippen LogP contribution in [0, 0.1) is 0 Å². The molecule has 258 valence electrons. The molecule has 0 aliphatic carbocycles. The molecule has 0 N–H and O–H groups in total. The third-order valence-electron chi connectivity index (χ3n) is 10.7. The molecule has 0 saturated heterocycles. The molecule has 1 aromatic rings. The second kappa shape index (κ2) is 23.6. The van der Waals surface area contributed by atoms with Gasteiger partial charge in [0.1, 0.15) is 0 Å². The molecule has 0 bridgehead atoms. The van der Waals surface area contributed by atoms with Crippen molar-refractivity contribution in [2.24, 2.45) is 0 Å². The third-order valence-corrected chi connectivity index (χ3v) is 31.4. The maximum Gasteiger partial charge on any atom is 0.0866 e. The van der Waals surface area contributed by atoms with E-state index in [0.29, 0.717) is 0 Å². The van der Waals surface area contributed by atoms with Crippen LogP contribution in [0.1, 0.15) is 19.3 Å². The van der Waals surface area contributed by atoms with E-state index in [1.807, 2.05) is 0 Å². The number of hydrogen-bond acceptors (Lipinski definition) is 0. The van der Waals surface area contributed by atoms with E-state index in [1.165, 1.54) is 60.0 Å². The van der Waals surface area contributed by atoms with E-state index in [1.54, 1.807) is 5.19 Å². The van der Waals surface area contributed by atoms with Gasteiger partial charge >= 0.3 is 0 Å². The summed E-state index contributed by atoms with van der Waals surface area (Å²) < 4.78 is 1.17. The molecule has 0 unspecified atom stereocenters. The fourth-order valence-electron chi connectivity index (χ4n) is 8.44. The Bertz CT molecular complexity index is 961. The van der Waals surface area contributed by atoms with Crippen LogP contribution in [0.4, 0.5) is 0 Å². The average Bonchev–Trinajstić information content (AvgIpc) is 3.02. The van der Waals surface area contributed by atoms with Crippen LogP contribution in [0.15, 0.2) is 143 Å². The van der Waals surface area contributed by atoms with Crippen molar-refractivity contribution in [1.82, 2.24) is 0 Å². The summed E-state index contributed by atoms with van der Waals surface area (Å²) in [5, 5.41) is 1.65. The van der Waals surface area contributed by atoms with Crippen molar-refractivity contribution in [1.29, 1.82) is 0 Å². The first-order valence-electron chi connectivity index (χ1n) is 17.9. The summed E-state index contributed by atoms with van der Waals surface area (Å²) in [6.07, 6.45) is 23.4. The number of benzene rings is 1. The Morgan fingerprint density at radius 3 is 0.830 bits per heavy atom. The smallest absolute Gasteiger partial charge is 0.0866 e. The molecular weight excluding hydrogens is 697 g/mol. The quantitative estimate of drug-likeness (QED) is 0.0522. The molecule has 0 aromatic heterocycles. The minimum absolute atomic E-state index is 1.15. The highest BCUT2D eigenvalue weighted by Gasteiger charge is 2.39. The molecule has 0 spiro atoms. The number of halogens is 1. The van der Waals surface area contributed by atoms with Crippen molar-refractivity contribution in [3.63, 3.8) is 0 Å². The van der Waals surface area contributed by atoms with Gasteiger partial charge in [0.2, 0.25) is 0 Å². The predicted molar refractivity (Wildman–Crippen MR) is 235 cm³/mol. The Balaban J connectivity index is 3.62. The highest BCUT2D eigenvalue weighted by atomic mass is 79.9. The van der Waals surface area contributed by atoms with Gasteiger partial charge in [0.15, 0.2) is 0 Å². The molecule has 5 heteroatoms. The SMILES string of the molecule is C=CC[Si](CC=C)(CC=C)CCC[Si](CCC[Si](CC=C)(CC=C)CC=C)(CCC[Si](CC=C)(CC=C)CC=C)c1ccc(Br)cc1. The monoisotopic (exact) mass is 762 g/mol. The summed E-state index contributed by atoms with van der Waals surface area (Å²) in [7, 11) is -6.64. The average molecular weight is 764 g/mol. The van der Waals surface area contributed by atoms with Gasteiger partial charge in [0.25, 0.3) is 0 Å². The van der Waals surface area contributed by atoms with Crippen LogP contribution in [-0.2, 0) is 0 Å². The molecule has 0 aliphatic heterocycles. The van der Waals surface area contributed by atoms with Crippen LogP contribution < -0.4 is 5.19 Å². The molecule has 0 amide bonds.